The van der Waals surface area contributed by atoms with Gasteiger partial charge in [0, 0.05) is 31.2 Å². The molecule has 1 fully saturated rings. The number of amides is 2. The molecule has 2 amide bonds. The van der Waals surface area contributed by atoms with Crippen LogP contribution in [0.1, 0.15) is 41.2 Å². The maximum Gasteiger partial charge on any atom is 0.355 e. The molecule has 0 aliphatic carbocycles. The summed E-state index contributed by atoms with van der Waals surface area (Å²) < 4.78 is 0. The third kappa shape index (κ3) is 3.37. The largest absolute Gasteiger partial charge is 0.476 e. The monoisotopic (exact) mass is 282 g/mol. The number of aromatic nitrogens is 1. The number of carboxylic acids is 1. The lowest BCUT2D eigenvalue weighted by molar-refractivity contribution is -0.143. The molecular weight excluding hydrogens is 268 g/mol. The van der Waals surface area contributed by atoms with E-state index in [0.717, 1.165) is 12.8 Å². The predicted molar refractivity (Wildman–Crippen MR) is 68.0 cm³/mol. The molecule has 0 aromatic carbocycles. The molecule has 1 aliphatic heterocycles. The van der Waals surface area contributed by atoms with E-state index in [1.807, 2.05) is 0 Å². The third-order valence-corrected chi connectivity index (χ3v) is 3.86. The minimum atomic E-state index is -1.07. The lowest BCUT2D eigenvalue weighted by Gasteiger charge is -2.17. The lowest BCUT2D eigenvalue weighted by Crippen LogP contribution is -2.36. The van der Waals surface area contributed by atoms with Crippen LogP contribution in [0.25, 0.3) is 0 Å². The van der Waals surface area contributed by atoms with Gasteiger partial charge in [0.25, 0.3) is 0 Å². The molecule has 102 valence electrons. The SMILES string of the molecule is O=C(O)c1csc(CCN2C(=O)CCCCC2=O)n1. The summed E-state index contributed by atoms with van der Waals surface area (Å²) in [5.41, 5.74) is 0.00789. The van der Waals surface area contributed by atoms with Gasteiger partial charge in [0.15, 0.2) is 5.69 Å². The minimum Gasteiger partial charge on any atom is -0.476 e. The normalized spacial score (nSPS) is 16.5. The van der Waals surface area contributed by atoms with E-state index in [1.165, 1.54) is 21.6 Å². The predicted octanol–water partition coefficient (Wildman–Crippen LogP) is 1.31. The van der Waals surface area contributed by atoms with Crippen molar-refractivity contribution in [1.29, 1.82) is 0 Å². The highest BCUT2D eigenvalue weighted by Crippen LogP contribution is 2.15. The number of carbonyl (C=O) groups excluding carboxylic acids is 2. The van der Waals surface area contributed by atoms with Gasteiger partial charge in [0.1, 0.15) is 0 Å². The van der Waals surface area contributed by atoms with Crippen LogP contribution in [0, 0.1) is 0 Å². The second-order valence-electron chi connectivity index (χ2n) is 4.33. The first-order valence-electron chi connectivity index (χ1n) is 6.09. The van der Waals surface area contributed by atoms with E-state index in [9.17, 15) is 14.4 Å². The molecule has 1 aromatic heterocycles. The Hall–Kier alpha value is -1.76. The highest BCUT2D eigenvalue weighted by atomic mass is 32.1. The third-order valence-electron chi connectivity index (χ3n) is 2.95. The summed E-state index contributed by atoms with van der Waals surface area (Å²) >= 11 is 1.23. The van der Waals surface area contributed by atoms with E-state index in [1.54, 1.807) is 0 Å². The van der Waals surface area contributed by atoms with Crippen molar-refractivity contribution < 1.29 is 19.5 Å². The van der Waals surface area contributed by atoms with Crippen LogP contribution in [0.2, 0.25) is 0 Å². The molecule has 0 atom stereocenters. The van der Waals surface area contributed by atoms with Gasteiger partial charge in [-0.15, -0.1) is 11.3 Å². The summed E-state index contributed by atoms with van der Waals surface area (Å²) in [6.07, 6.45) is 2.73. The molecule has 1 aliphatic rings. The van der Waals surface area contributed by atoms with E-state index in [2.05, 4.69) is 4.98 Å². The van der Waals surface area contributed by atoms with Gasteiger partial charge in [0.2, 0.25) is 11.8 Å². The Morgan fingerprint density at radius 3 is 2.47 bits per heavy atom. The molecule has 0 bridgehead atoms. The van der Waals surface area contributed by atoms with Crippen LogP contribution in [0.3, 0.4) is 0 Å². The van der Waals surface area contributed by atoms with Crippen molar-refractivity contribution in [2.24, 2.45) is 0 Å². The molecule has 2 heterocycles. The Balaban J connectivity index is 1.97. The fourth-order valence-corrected chi connectivity index (χ4v) is 2.70. The summed E-state index contributed by atoms with van der Waals surface area (Å²) in [6, 6.07) is 0. The zero-order valence-electron chi connectivity index (χ0n) is 10.3. The van der Waals surface area contributed by atoms with Crippen molar-refractivity contribution in [3.8, 4) is 0 Å². The molecule has 1 N–H and O–H groups in total. The van der Waals surface area contributed by atoms with E-state index < -0.39 is 5.97 Å². The zero-order chi connectivity index (χ0) is 13.8. The smallest absolute Gasteiger partial charge is 0.355 e. The summed E-state index contributed by atoms with van der Waals surface area (Å²) in [6.45, 7) is 0.282. The van der Waals surface area contributed by atoms with Gasteiger partial charge in [-0.1, -0.05) is 0 Å². The molecule has 19 heavy (non-hydrogen) atoms. The number of imide groups is 1. The molecule has 2 rings (SSSR count). The van der Waals surface area contributed by atoms with E-state index >= 15 is 0 Å². The topological polar surface area (TPSA) is 87.6 Å². The van der Waals surface area contributed by atoms with E-state index in [0.29, 0.717) is 24.3 Å². The zero-order valence-corrected chi connectivity index (χ0v) is 11.1. The Kier molecular flexibility index (Phi) is 4.26. The van der Waals surface area contributed by atoms with Crippen molar-refractivity contribution in [2.45, 2.75) is 32.1 Å². The van der Waals surface area contributed by atoms with Gasteiger partial charge in [0.05, 0.1) is 5.01 Å². The van der Waals surface area contributed by atoms with Crippen molar-refractivity contribution in [3.05, 3.63) is 16.1 Å². The number of rotatable bonds is 4. The maximum atomic E-state index is 11.8. The fraction of sp³-hybridized carbons (Fsp3) is 0.500. The van der Waals surface area contributed by atoms with Gasteiger partial charge in [-0.2, -0.15) is 0 Å². The second kappa shape index (κ2) is 5.92. The van der Waals surface area contributed by atoms with E-state index in [4.69, 9.17) is 5.11 Å². The van der Waals surface area contributed by atoms with Crippen molar-refractivity contribution in [1.82, 2.24) is 9.88 Å². The van der Waals surface area contributed by atoms with Crippen molar-refractivity contribution in [3.63, 3.8) is 0 Å². The molecule has 7 heteroatoms. The second-order valence-corrected chi connectivity index (χ2v) is 5.27. The quantitative estimate of drug-likeness (QED) is 0.841. The molecule has 0 spiro atoms. The number of hydrogen-bond donors (Lipinski definition) is 1. The number of aromatic carboxylic acids is 1. The molecule has 6 nitrogen and oxygen atoms in total. The number of carboxylic acid groups (broad SMARTS) is 1. The molecule has 1 aromatic rings. The molecule has 0 unspecified atom stereocenters. The molecule has 0 radical (unpaired) electrons. The Bertz CT molecular complexity index is 494. The number of nitrogens with zero attached hydrogens (tertiary/aromatic N) is 2. The number of hydrogen-bond acceptors (Lipinski definition) is 5. The average Bonchev–Trinajstić information content (AvgIpc) is 2.77. The molecule has 0 saturated carbocycles. The Morgan fingerprint density at radius 2 is 1.95 bits per heavy atom. The van der Waals surface area contributed by atoms with E-state index in [-0.39, 0.29) is 24.1 Å². The summed E-state index contributed by atoms with van der Waals surface area (Å²) in [7, 11) is 0. The summed E-state index contributed by atoms with van der Waals surface area (Å²) in [5, 5.41) is 10.9. The van der Waals surface area contributed by atoms with Gasteiger partial charge >= 0.3 is 5.97 Å². The van der Waals surface area contributed by atoms with Gasteiger partial charge in [-0.05, 0) is 12.8 Å². The maximum absolute atomic E-state index is 11.8. The van der Waals surface area contributed by atoms with Crippen LogP contribution in [-0.4, -0.2) is 39.3 Å². The van der Waals surface area contributed by atoms with Crippen molar-refractivity contribution >= 4 is 29.1 Å². The van der Waals surface area contributed by atoms with Gasteiger partial charge in [-0.3, -0.25) is 14.5 Å². The summed E-state index contributed by atoms with van der Waals surface area (Å²) in [5.74, 6) is -1.35. The van der Waals surface area contributed by atoms with Crippen LogP contribution in [0.4, 0.5) is 0 Å². The summed E-state index contributed by atoms with van der Waals surface area (Å²) in [4.78, 5) is 39.4. The van der Waals surface area contributed by atoms with Crippen molar-refractivity contribution in [2.75, 3.05) is 6.54 Å². The lowest BCUT2D eigenvalue weighted by atomic mass is 10.2. The number of thiazole rings is 1. The standard InChI is InChI=1S/C12H14N2O4S/c15-10-3-1-2-4-11(16)14(10)6-5-9-13-8(7-19-9)12(17)18/h7H,1-6H2,(H,17,18). The Morgan fingerprint density at radius 1 is 1.32 bits per heavy atom. The van der Waals surface area contributed by atoms with Gasteiger partial charge in [-0.25, -0.2) is 9.78 Å². The first kappa shape index (κ1) is 13.7. The van der Waals surface area contributed by atoms with Gasteiger partial charge < -0.3 is 5.11 Å². The molecular formula is C12H14N2O4S. The highest BCUT2D eigenvalue weighted by Gasteiger charge is 2.24. The van der Waals surface area contributed by atoms with Crippen LogP contribution >= 0.6 is 11.3 Å². The number of carbonyl (C=O) groups is 3. The number of likely N-dealkylation sites (tertiary alicyclic amines) is 1. The fourth-order valence-electron chi connectivity index (χ4n) is 1.94. The minimum absolute atomic E-state index is 0.00789. The first-order valence-corrected chi connectivity index (χ1v) is 6.97. The van der Waals surface area contributed by atoms with Crippen LogP contribution < -0.4 is 0 Å². The average molecular weight is 282 g/mol. The van der Waals surface area contributed by atoms with Crippen LogP contribution in [0.5, 0.6) is 0 Å². The highest BCUT2D eigenvalue weighted by molar-refractivity contribution is 7.09. The Labute approximate surface area is 114 Å². The molecule has 1 saturated heterocycles. The first-order chi connectivity index (χ1) is 9.08. The van der Waals surface area contributed by atoms with Crippen LogP contribution in [0.15, 0.2) is 5.38 Å². The van der Waals surface area contributed by atoms with Crippen LogP contribution in [-0.2, 0) is 16.0 Å².